The Morgan fingerprint density at radius 1 is 1.08 bits per heavy atom. The Balaban J connectivity index is 2.23. The summed E-state index contributed by atoms with van der Waals surface area (Å²) >= 11 is 0. The molecule has 0 saturated heterocycles. The molecule has 0 bridgehead atoms. The standard InChI is InChI=1S/C21H26O5/c1-14(2)8-6-9-15(3)12-13-25-20-19(24-5)16-10-7-11-17(23-4)18(16)26-21(20)22/h7-8,10-12H,6,9,13H2,1-5H3/b15-12+. The number of ether oxygens (including phenoxy) is 3. The average molecular weight is 358 g/mol. The van der Waals surface area contributed by atoms with Crippen molar-refractivity contribution in [2.45, 2.75) is 33.6 Å². The molecule has 0 atom stereocenters. The Bertz CT molecular complexity index is 870. The molecule has 1 heterocycles. The number of rotatable bonds is 8. The van der Waals surface area contributed by atoms with E-state index >= 15 is 0 Å². The first-order valence-electron chi connectivity index (χ1n) is 8.57. The third-order valence-electron chi connectivity index (χ3n) is 3.98. The van der Waals surface area contributed by atoms with Crippen LogP contribution in [0.4, 0.5) is 0 Å². The normalized spacial score (nSPS) is 11.3. The molecule has 0 saturated carbocycles. The molecular weight excluding hydrogens is 332 g/mol. The summed E-state index contributed by atoms with van der Waals surface area (Å²) in [7, 11) is 3.02. The minimum Gasteiger partial charge on any atom is -0.493 e. The van der Waals surface area contributed by atoms with E-state index in [2.05, 4.69) is 19.9 Å². The molecule has 5 nitrogen and oxygen atoms in total. The molecular formula is C21H26O5. The lowest BCUT2D eigenvalue weighted by Crippen LogP contribution is -2.10. The largest absolute Gasteiger partial charge is 0.493 e. The van der Waals surface area contributed by atoms with Gasteiger partial charge in [-0.25, -0.2) is 4.79 Å². The number of allylic oxidation sites excluding steroid dienone is 3. The zero-order valence-corrected chi connectivity index (χ0v) is 16.0. The fourth-order valence-corrected chi connectivity index (χ4v) is 2.60. The Hall–Kier alpha value is -2.69. The number of methoxy groups -OCH3 is 2. The fraction of sp³-hybridized carbons (Fsp3) is 0.381. The average Bonchev–Trinajstić information content (AvgIpc) is 2.61. The van der Waals surface area contributed by atoms with Crippen LogP contribution in [0.25, 0.3) is 11.0 Å². The summed E-state index contributed by atoms with van der Waals surface area (Å²) < 4.78 is 21.7. The van der Waals surface area contributed by atoms with Gasteiger partial charge in [-0.15, -0.1) is 0 Å². The SMILES string of the molecule is COc1c(OC/C=C(\C)CCC=C(C)C)c(=O)oc2c(OC)cccc12. The van der Waals surface area contributed by atoms with E-state index in [1.54, 1.807) is 18.2 Å². The molecule has 0 fully saturated rings. The maximum atomic E-state index is 12.3. The van der Waals surface area contributed by atoms with Gasteiger partial charge in [-0.3, -0.25) is 0 Å². The van der Waals surface area contributed by atoms with Gasteiger partial charge in [0.05, 0.1) is 19.6 Å². The van der Waals surface area contributed by atoms with Crippen molar-refractivity contribution in [2.75, 3.05) is 20.8 Å². The van der Waals surface area contributed by atoms with E-state index in [4.69, 9.17) is 18.6 Å². The molecule has 2 aromatic rings. The quantitative estimate of drug-likeness (QED) is 0.497. The van der Waals surface area contributed by atoms with Crippen LogP contribution in [0.15, 0.2) is 50.7 Å². The predicted octanol–water partition coefficient (Wildman–Crippen LogP) is 4.88. The van der Waals surface area contributed by atoms with E-state index < -0.39 is 5.63 Å². The topological polar surface area (TPSA) is 57.9 Å². The van der Waals surface area contributed by atoms with Crippen LogP contribution < -0.4 is 19.8 Å². The molecule has 0 unspecified atom stereocenters. The first kappa shape index (κ1) is 19.6. The lowest BCUT2D eigenvalue weighted by Gasteiger charge is -2.12. The molecule has 1 aromatic heterocycles. The number of benzene rings is 1. The molecule has 26 heavy (non-hydrogen) atoms. The van der Waals surface area contributed by atoms with Gasteiger partial charge >= 0.3 is 5.63 Å². The van der Waals surface area contributed by atoms with Crippen molar-refractivity contribution in [1.29, 1.82) is 0 Å². The molecule has 1 aromatic carbocycles. The zero-order valence-electron chi connectivity index (χ0n) is 16.0. The Labute approximate surface area is 153 Å². The third kappa shape index (κ3) is 4.69. The van der Waals surface area contributed by atoms with Crippen molar-refractivity contribution < 1.29 is 18.6 Å². The number of para-hydroxylation sites is 1. The monoisotopic (exact) mass is 358 g/mol. The second-order valence-corrected chi connectivity index (χ2v) is 6.27. The summed E-state index contributed by atoms with van der Waals surface area (Å²) in [5.74, 6) is 0.895. The van der Waals surface area contributed by atoms with Gasteiger partial charge in [0.1, 0.15) is 6.61 Å². The lowest BCUT2D eigenvalue weighted by molar-refractivity contribution is 0.308. The number of fused-ring (bicyclic) bond motifs is 1. The highest BCUT2D eigenvalue weighted by molar-refractivity contribution is 5.89. The van der Waals surface area contributed by atoms with E-state index in [-0.39, 0.29) is 12.4 Å². The predicted molar refractivity (Wildman–Crippen MR) is 104 cm³/mol. The highest BCUT2D eigenvalue weighted by Crippen LogP contribution is 2.36. The van der Waals surface area contributed by atoms with Crippen molar-refractivity contribution in [3.05, 3.63) is 51.9 Å². The van der Waals surface area contributed by atoms with E-state index in [0.29, 0.717) is 22.5 Å². The zero-order chi connectivity index (χ0) is 19.1. The van der Waals surface area contributed by atoms with Gasteiger partial charge in [0.25, 0.3) is 0 Å². The van der Waals surface area contributed by atoms with Crippen LogP contribution in [0, 0.1) is 0 Å². The molecule has 0 radical (unpaired) electrons. The molecule has 2 rings (SSSR count). The van der Waals surface area contributed by atoms with Gasteiger partial charge in [-0.2, -0.15) is 0 Å². The second-order valence-electron chi connectivity index (χ2n) is 6.27. The van der Waals surface area contributed by atoms with Gasteiger partial charge < -0.3 is 18.6 Å². The van der Waals surface area contributed by atoms with Gasteiger partial charge in [-0.1, -0.05) is 23.3 Å². The van der Waals surface area contributed by atoms with E-state index in [9.17, 15) is 4.79 Å². The number of hydrogen-bond acceptors (Lipinski definition) is 5. The second kappa shape index (κ2) is 9.13. The summed E-state index contributed by atoms with van der Waals surface area (Å²) in [5.41, 5.74) is 2.27. The summed E-state index contributed by atoms with van der Waals surface area (Å²) in [5, 5.41) is 0.630. The van der Waals surface area contributed by atoms with Gasteiger partial charge in [-0.05, 0) is 51.8 Å². The maximum Gasteiger partial charge on any atom is 0.383 e. The highest BCUT2D eigenvalue weighted by atomic mass is 16.5. The molecule has 5 heteroatoms. The van der Waals surface area contributed by atoms with Gasteiger partial charge in [0.15, 0.2) is 17.1 Å². The molecule has 0 aliphatic carbocycles. The Kier molecular flexibility index (Phi) is 6.89. The van der Waals surface area contributed by atoms with Crippen molar-refractivity contribution in [3.63, 3.8) is 0 Å². The van der Waals surface area contributed by atoms with E-state index in [1.165, 1.54) is 25.4 Å². The minimum absolute atomic E-state index is 0.0709. The van der Waals surface area contributed by atoms with E-state index in [0.717, 1.165) is 12.8 Å². The Morgan fingerprint density at radius 3 is 2.50 bits per heavy atom. The summed E-state index contributed by atoms with van der Waals surface area (Å²) in [4.78, 5) is 12.3. The van der Waals surface area contributed by atoms with Crippen LogP contribution in [0.1, 0.15) is 33.6 Å². The van der Waals surface area contributed by atoms with Crippen LogP contribution in [-0.2, 0) is 0 Å². The lowest BCUT2D eigenvalue weighted by atomic mass is 10.1. The van der Waals surface area contributed by atoms with Crippen LogP contribution >= 0.6 is 0 Å². The Morgan fingerprint density at radius 2 is 1.85 bits per heavy atom. The molecule has 0 spiro atoms. The van der Waals surface area contributed by atoms with E-state index in [1.807, 2.05) is 13.0 Å². The van der Waals surface area contributed by atoms with Crippen LogP contribution in [0.3, 0.4) is 0 Å². The summed E-state index contributed by atoms with van der Waals surface area (Å²) in [6, 6.07) is 5.33. The third-order valence-corrected chi connectivity index (χ3v) is 3.98. The van der Waals surface area contributed by atoms with Crippen molar-refractivity contribution >= 4 is 11.0 Å². The van der Waals surface area contributed by atoms with Gasteiger partial charge in [0, 0.05) is 0 Å². The summed E-state index contributed by atoms with van der Waals surface area (Å²) in [6.07, 6.45) is 6.11. The molecule has 140 valence electrons. The summed E-state index contributed by atoms with van der Waals surface area (Å²) in [6.45, 7) is 6.50. The van der Waals surface area contributed by atoms with Crippen molar-refractivity contribution in [2.24, 2.45) is 0 Å². The molecule has 0 amide bonds. The number of hydrogen-bond donors (Lipinski definition) is 0. The highest BCUT2D eigenvalue weighted by Gasteiger charge is 2.18. The fourth-order valence-electron chi connectivity index (χ4n) is 2.60. The van der Waals surface area contributed by atoms with Gasteiger partial charge in [0.2, 0.25) is 5.75 Å². The molecule has 0 aliphatic heterocycles. The van der Waals surface area contributed by atoms with Crippen molar-refractivity contribution in [1.82, 2.24) is 0 Å². The van der Waals surface area contributed by atoms with Crippen molar-refractivity contribution in [3.8, 4) is 17.2 Å². The van der Waals surface area contributed by atoms with Crippen LogP contribution in [0.5, 0.6) is 17.2 Å². The molecule has 0 aliphatic rings. The molecule has 0 N–H and O–H groups in total. The van der Waals surface area contributed by atoms with Crippen LogP contribution in [0.2, 0.25) is 0 Å². The smallest absolute Gasteiger partial charge is 0.383 e. The first-order chi connectivity index (χ1) is 12.5. The maximum absolute atomic E-state index is 12.3. The van der Waals surface area contributed by atoms with Crippen LogP contribution in [-0.4, -0.2) is 20.8 Å². The first-order valence-corrected chi connectivity index (χ1v) is 8.57. The minimum atomic E-state index is -0.588.